The van der Waals surface area contributed by atoms with Crippen molar-refractivity contribution >= 4 is 0 Å². The molecule has 0 bridgehead atoms. The van der Waals surface area contributed by atoms with E-state index in [9.17, 15) is 0 Å². The van der Waals surface area contributed by atoms with Gasteiger partial charge in [-0.05, 0) is 55.3 Å². The monoisotopic (exact) mass is 218 g/mol. The van der Waals surface area contributed by atoms with Crippen molar-refractivity contribution < 1.29 is 0 Å². The zero-order valence-electron chi connectivity index (χ0n) is 10.3. The molecular weight excluding hydrogens is 196 g/mol. The average molecular weight is 218 g/mol. The van der Waals surface area contributed by atoms with Gasteiger partial charge >= 0.3 is 0 Å². The summed E-state index contributed by atoms with van der Waals surface area (Å²) in [4.78, 5) is 0. The zero-order chi connectivity index (χ0) is 11.6. The van der Waals surface area contributed by atoms with E-state index in [-0.39, 0.29) is 0 Å². The molecular formula is C14H22N2. The molecule has 3 N–H and O–H groups in total. The summed E-state index contributed by atoms with van der Waals surface area (Å²) in [5.74, 6) is 0. The van der Waals surface area contributed by atoms with Crippen molar-refractivity contribution in [2.75, 3.05) is 13.1 Å². The first-order chi connectivity index (χ1) is 7.65. The van der Waals surface area contributed by atoms with Crippen LogP contribution in [0.25, 0.3) is 0 Å². The molecule has 0 amide bonds. The van der Waals surface area contributed by atoms with Gasteiger partial charge in [0.05, 0.1) is 0 Å². The van der Waals surface area contributed by atoms with E-state index >= 15 is 0 Å². The van der Waals surface area contributed by atoms with Gasteiger partial charge in [0.25, 0.3) is 0 Å². The molecule has 2 nitrogen and oxygen atoms in total. The van der Waals surface area contributed by atoms with Crippen LogP contribution < -0.4 is 11.1 Å². The molecule has 0 saturated heterocycles. The fourth-order valence-corrected chi connectivity index (χ4v) is 2.02. The van der Waals surface area contributed by atoms with Gasteiger partial charge in [0.1, 0.15) is 0 Å². The lowest BCUT2D eigenvalue weighted by molar-refractivity contribution is 0.468. The molecule has 88 valence electrons. The summed E-state index contributed by atoms with van der Waals surface area (Å²) >= 11 is 0. The fourth-order valence-electron chi connectivity index (χ4n) is 2.02. The average Bonchev–Trinajstić information content (AvgIpc) is 3.04. The molecule has 0 spiro atoms. The molecule has 1 fully saturated rings. The van der Waals surface area contributed by atoms with Gasteiger partial charge in [0, 0.05) is 13.1 Å². The summed E-state index contributed by atoms with van der Waals surface area (Å²) in [5, 5.41) is 3.52. The smallest absolute Gasteiger partial charge is 0.0205 e. The van der Waals surface area contributed by atoms with Crippen LogP contribution in [-0.4, -0.2) is 13.1 Å². The van der Waals surface area contributed by atoms with Crippen LogP contribution in [0.2, 0.25) is 0 Å². The lowest BCUT2D eigenvalue weighted by Crippen LogP contribution is -2.29. The third-order valence-electron chi connectivity index (χ3n) is 3.79. The maximum Gasteiger partial charge on any atom is 0.0205 e. The maximum atomic E-state index is 5.75. The van der Waals surface area contributed by atoms with Crippen LogP contribution >= 0.6 is 0 Å². The van der Waals surface area contributed by atoms with Crippen LogP contribution in [0.15, 0.2) is 18.2 Å². The Balaban J connectivity index is 1.83. The third-order valence-corrected chi connectivity index (χ3v) is 3.79. The van der Waals surface area contributed by atoms with Crippen molar-refractivity contribution in [1.82, 2.24) is 5.32 Å². The van der Waals surface area contributed by atoms with Gasteiger partial charge in [-0.15, -0.1) is 0 Å². The topological polar surface area (TPSA) is 38.0 Å². The predicted octanol–water partition coefficient (Wildman–Crippen LogP) is 2.13. The minimum atomic E-state index is 0.430. The highest BCUT2D eigenvalue weighted by Gasteiger charge is 2.40. The van der Waals surface area contributed by atoms with E-state index in [2.05, 4.69) is 37.4 Å². The van der Waals surface area contributed by atoms with Gasteiger partial charge in [0.15, 0.2) is 0 Å². The molecule has 0 aromatic heterocycles. The van der Waals surface area contributed by atoms with E-state index in [1.165, 1.54) is 29.5 Å². The number of nitrogens with one attached hydrogen (secondary N) is 1. The Morgan fingerprint density at radius 1 is 1.25 bits per heavy atom. The molecule has 16 heavy (non-hydrogen) atoms. The van der Waals surface area contributed by atoms with Gasteiger partial charge < -0.3 is 11.1 Å². The first-order valence-electron chi connectivity index (χ1n) is 6.12. The standard InChI is InChI=1S/C14H22N2/c1-11-3-4-13(7-12(11)2)8-16-10-14(9-15)5-6-14/h3-4,7,16H,5-6,8-10,15H2,1-2H3. The zero-order valence-corrected chi connectivity index (χ0v) is 10.3. The summed E-state index contributed by atoms with van der Waals surface area (Å²) in [6, 6.07) is 6.67. The van der Waals surface area contributed by atoms with E-state index < -0.39 is 0 Å². The Hall–Kier alpha value is -0.860. The van der Waals surface area contributed by atoms with Gasteiger partial charge in [-0.2, -0.15) is 0 Å². The number of hydrogen-bond acceptors (Lipinski definition) is 2. The van der Waals surface area contributed by atoms with Gasteiger partial charge in [0.2, 0.25) is 0 Å². The van der Waals surface area contributed by atoms with Crippen molar-refractivity contribution in [3.05, 3.63) is 34.9 Å². The van der Waals surface area contributed by atoms with Crippen molar-refractivity contribution in [2.45, 2.75) is 33.2 Å². The molecule has 2 rings (SSSR count). The number of hydrogen-bond donors (Lipinski definition) is 2. The summed E-state index contributed by atoms with van der Waals surface area (Å²) in [6.45, 7) is 7.17. The highest BCUT2D eigenvalue weighted by Crippen LogP contribution is 2.43. The molecule has 1 aliphatic rings. The quantitative estimate of drug-likeness (QED) is 0.794. The van der Waals surface area contributed by atoms with Crippen molar-refractivity contribution in [1.29, 1.82) is 0 Å². The Bertz CT molecular complexity index is 367. The molecule has 2 heteroatoms. The minimum Gasteiger partial charge on any atom is -0.330 e. The summed E-state index contributed by atoms with van der Waals surface area (Å²) in [5.41, 5.74) is 10.3. The number of benzene rings is 1. The van der Waals surface area contributed by atoms with Crippen LogP contribution in [0, 0.1) is 19.3 Å². The molecule has 0 atom stereocenters. The maximum absolute atomic E-state index is 5.75. The molecule has 0 heterocycles. The number of nitrogens with two attached hydrogens (primary N) is 1. The minimum absolute atomic E-state index is 0.430. The van der Waals surface area contributed by atoms with Crippen molar-refractivity contribution in [3.8, 4) is 0 Å². The van der Waals surface area contributed by atoms with Crippen LogP contribution in [0.5, 0.6) is 0 Å². The second kappa shape index (κ2) is 4.56. The van der Waals surface area contributed by atoms with E-state index in [1.54, 1.807) is 0 Å². The van der Waals surface area contributed by atoms with Crippen molar-refractivity contribution in [2.24, 2.45) is 11.1 Å². The molecule has 1 aliphatic carbocycles. The second-order valence-corrected chi connectivity index (χ2v) is 5.23. The number of aryl methyl sites for hydroxylation is 2. The van der Waals surface area contributed by atoms with E-state index in [4.69, 9.17) is 5.73 Å². The SMILES string of the molecule is Cc1ccc(CNCC2(CN)CC2)cc1C. The second-order valence-electron chi connectivity index (χ2n) is 5.23. The Labute approximate surface area is 98.2 Å². The lowest BCUT2D eigenvalue weighted by atomic mass is 10.1. The lowest BCUT2D eigenvalue weighted by Gasteiger charge is -2.13. The summed E-state index contributed by atoms with van der Waals surface area (Å²) in [7, 11) is 0. The summed E-state index contributed by atoms with van der Waals surface area (Å²) < 4.78 is 0. The Kier molecular flexibility index (Phi) is 3.31. The van der Waals surface area contributed by atoms with Gasteiger partial charge in [-0.1, -0.05) is 18.2 Å². The largest absolute Gasteiger partial charge is 0.330 e. The van der Waals surface area contributed by atoms with Crippen LogP contribution in [0.3, 0.4) is 0 Å². The fraction of sp³-hybridized carbons (Fsp3) is 0.571. The molecule has 1 aromatic rings. The van der Waals surface area contributed by atoms with Crippen molar-refractivity contribution in [3.63, 3.8) is 0 Å². The summed E-state index contributed by atoms with van der Waals surface area (Å²) in [6.07, 6.45) is 2.59. The van der Waals surface area contributed by atoms with Crippen LogP contribution in [0.1, 0.15) is 29.5 Å². The molecule has 0 unspecified atom stereocenters. The van der Waals surface area contributed by atoms with Gasteiger partial charge in [-0.25, -0.2) is 0 Å². The highest BCUT2D eigenvalue weighted by molar-refractivity contribution is 5.29. The Morgan fingerprint density at radius 3 is 2.56 bits per heavy atom. The highest BCUT2D eigenvalue weighted by atomic mass is 14.9. The molecule has 0 radical (unpaired) electrons. The van der Waals surface area contributed by atoms with E-state index in [0.29, 0.717) is 5.41 Å². The predicted molar refractivity (Wildman–Crippen MR) is 68.3 cm³/mol. The van der Waals surface area contributed by atoms with E-state index in [1.807, 2.05) is 0 Å². The van der Waals surface area contributed by atoms with Crippen LogP contribution in [-0.2, 0) is 6.54 Å². The van der Waals surface area contributed by atoms with Crippen LogP contribution in [0.4, 0.5) is 0 Å². The van der Waals surface area contributed by atoms with Gasteiger partial charge in [-0.3, -0.25) is 0 Å². The first-order valence-corrected chi connectivity index (χ1v) is 6.12. The first kappa shape index (κ1) is 11.6. The Morgan fingerprint density at radius 2 is 2.00 bits per heavy atom. The van der Waals surface area contributed by atoms with E-state index in [0.717, 1.165) is 19.6 Å². The molecule has 1 aromatic carbocycles. The third kappa shape index (κ3) is 2.63. The molecule has 0 aliphatic heterocycles. The normalized spacial score (nSPS) is 17.4. The number of rotatable bonds is 5. The molecule has 1 saturated carbocycles.